The molecule has 1 aliphatic carbocycles. The van der Waals surface area contributed by atoms with E-state index in [1.54, 1.807) is 12.1 Å². The van der Waals surface area contributed by atoms with Crippen LogP contribution in [-0.4, -0.2) is 50.1 Å². The quantitative estimate of drug-likeness (QED) is 0.830. The van der Waals surface area contributed by atoms with Crippen LogP contribution in [0.15, 0.2) is 48.5 Å². The molecular formula is C22H25F2N3O. The molecule has 1 amide bonds. The monoisotopic (exact) mass is 385 g/mol. The van der Waals surface area contributed by atoms with Gasteiger partial charge in [-0.3, -0.25) is 9.69 Å². The van der Waals surface area contributed by atoms with Crippen molar-refractivity contribution in [2.45, 2.75) is 12.3 Å². The van der Waals surface area contributed by atoms with E-state index in [2.05, 4.69) is 15.1 Å². The number of hydrogen-bond donors (Lipinski definition) is 1. The first-order valence-electron chi connectivity index (χ1n) is 9.86. The molecule has 0 bridgehead atoms. The van der Waals surface area contributed by atoms with Gasteiger partial charge in [-0.25, -0.2) is 8.78 Å². The maximum atomic E-state index is 13.0. The number of nitrogens with one attached hydrogen (secondary N) is 1. The van der Waals surface area contributed by atoms with Gasteiger partial charge in [0.1, 0.15) is 11.6 Å². The highest BCUT2D eigenvalue weighted by molar-refractivity contribution is 5.82. The van der Waals surface area contributed by atoms with Crippen LogP contribution in [0, 0.1) is 17.6 Å². The van der Waals surface area contributed by atoms with E-state index in [0.717, 1.165) is 50.4 Å². The number of carbonyl (C=O) groups excluding carboxylic acids is 1. The molecule has 28 heavy (non-hydrogen) atoms. The summed E-state index contributed by atoms with van der Waals surface area (Å²) < 4.78 is 26.0. The van der Waals surface area contributed by atoms with Gasteiger partial charge in [0.15, 0.2) is 0 Å². The normalized spacial score (nSPS) is 22.1. The van der Waals surface area contributed by atoms with E-state index < -0.39 is 0 Å². The molecule has 1 saturated heterocycles. The molecule has 0 unspecified atom stereocenters. The third kappa shape index (κ3) is 4.50. The van der Waals surface area contributed by atoms with Crippen molar-refractivity contribution in [2.75, 3.05) is 44.2 Å². The van der Waals surface area contributed by atoms with E-state index in [9.17, 15) is 13.6 Å². The first kappa shape index (κ1) is 18.9. The lowest BCUT2D eigenvalue weighted by Gasteiger charge is -2.36. The van der Waals surface area contributed by atoms with E-state index in [1.807, 2.05) is 12.1 Å². The van der Waals surface area contributed by atoms with E-state index in [-0.39, 0.29) is 29.4 Å². The average molecular weight is 385 g/mol. The Hall–Kier alpha value is -2.47. The van der Waals surface area contributed by atoms with Gasteiger partial charge >= 0.3 is 0 Å². The van der Waals surface area contributed by atoms with Crippen LogP contribution in [0.4, 0.5) is 14.5 Å². The Balaban J connectivity index is 1.16. The van der Waals surface area contributed by atoms with Crippen molar-refractivity contribution >= 4 is 11.6 Å². The van der Waals surface area contributed by atoms with E-state index >= 15 is 0 Å². The fraction of sp³-hybridized carbons (Fsp3) is 0.409. The molecule has 0 radical (unpaired) electrons. The van der Waals surface area contributed by atoms with Crippen LogP contribution in [0.3, 0.4) is 0 Å². The number of benzene rings is 2. The Morgan fingerprint density at radius 2 is 1.54 bits per heavy atom. The molecule has 4 nitrogen and oxygen atoms in total. The van der Waals surface area contributed by atoms with Gasteiger partial charge in [0.25, 0.3) is 0 Å². The Morgan fingerprint density at radius 3 is 2.18 bits per heavy atom. The summed E-state index contributed by atoms with van der Waals surface area (Å²) in [5.74, 6) is -0.125. The summed E-state index contributed by atoms with van der Waals surface area (Å²) in [4.78, 5) is 16.9. The minimum absolute atomic E-state index is 0.0146. The molecule has 4 rings (SSSR count). The molecule has 6 heteroatoms. The van der Waals surface area contributed by atoms with Crippen LogP contribution in [0.1, 0.15) is 17.9 Å². The van der Waals surface area contributed by atoms with Crippen LogP contribution in [0.5, 0.6) is 0 Å². The molecule has 2 aliphatic rings. The van der Waals surface area contributed by atoms with Gasteiger partial charge in [0.05, 0.1) is 0 Å². The summed E-state index contributed by atoms with van der Waals surface area (Å²) in [6.45, 7) is 5.12. The second-order valence-electron chi connectivity index (χ2n) is 7.60. The summed E-state index contributed by atoms with van der Waals surface area (Å²) >= 11 is 0. The topological polar surface area (TPSA) is 35.6 Å². The predicted octanol–water partition coefficient (Wildman–Crippen LogP) is 3.01. The van der Waals surface area contributed by atoms with Crippen molar-refractivity contribution in [2.24, 2.45) is 5.92 Å². The van der Waals surface area contributed by atoms with Crippen LogP contribution < -0.4 is 10.2 Å². The van der Waals surface area contributed by atoms with E-state index in [4.69, 9.17) is 0 Å². The van der Waals surface area contributed by atoms with E-state index in [1.165, 1.54) is 24.3 Å². The minimum Gasteiger partial charge on any atom is -0.369 e. The van der Waals surface area contributed by atoms with Crippen molar-refractivity contribution in [3.63, 3.8) is 0 Å². The molecule has 2 atom stereocenters. The number of nitrogens with zero attached hydrogens (tertiary/aromatic N) is 2. The number of amides is 1. The Kier molecular flexibility index (Phi) is 5.57. The predicted molar refractivity (Wildman–Crippen MR) is 105 cm³/mol. The molecule has 2 aromatic carbocycles. The maximum Gasteiger partial charge on any atom is 0.223 e. The van der Waals surface area contributed by atoms with Gasteiger partial charge in [0.2, 0.25) is 5.91 Å². The number of carbonyl (C=O) groups is 1. The lowest BCUT2D eigenvalue weighted by Crippen LogP contribution is -2.48. The number of anilines is 1. The third-order valence-electron chi connectivity index (χ3n) is 5.72. The third-order valence-corrected chi connectivity index (χ3v) is 5.72. The van der Waals surface area contributed by atoms with Crippen molar-refractivity contribution in [1.29, 1.82) is 0 Å². The maximum absolute atomic E-state index is 13.0. The van der Waals surface area contributed by atoms with Crippen molar-refractivity contribution in [3.05, 3.63) is 65.7 Å². The highest BCUT2D eigenvalue weighted by Gasteiger charge is 2.43. The van der Waals surface area contributed by atoms with Crippen LogP contribution >= 0.6 is 0 Å². The van der Waals surface area contributed by atoms with Gasteiger partial charge in [-0.05, 0) is 54.3 Å². The summed E-state index contributed by atoms with van der Waals surface area (Å²) in [6.07, 6.45) is 0.841. The van der Waals surface area contributed by atoms with Gasteiger partial charge in [-0.15, -0.1) is 0 Å². The fourth-order valence-electron chi connectivity index (χ4n) is 3.91. The Morgan fingerprint density at radius 1 is 0.929 bits per heavy atom. The zero-order valence-electron chi connectivity index (χ0n) is 15.8. The number of hydrogen-bond acceptors (Lipinski definition) is 3. The standard InChI is InChI=1S/C22H25F2N3O/c23-17-3-1-16(2-4-17)20-15-21(20)22(28)25-9-10-26-11-13-27(14-12-26)19-7-5-18(24)6-8-19/h1-8,20-21H,9-15H2,(H,25,28)/t20-,21-/m0/s1. The van der Waals surface area contributed by atoms with Gasteiger partial charge < -0.3 is 10.2 Å². The molecule has 2 aromatic rings. The second-order valence-corrected chi connectivity index (χ2v) is 7.60. The highest BCUT2D eigenvalue weighted by atomic mass is 19.1. The first-order valence-corrected chi connectivity index (χ1v) is 9.86. The van der Waals surface area contributed by atoms with Crippen LogP contribution in [0.2, 0.25) is 0 Å². The summed E-state index contributed by atoms with van der Waals surface area (Å²) in [5, 5.41) is 3.04. The Bertz CT molecular complexity index is 802. The number of piperazine rings is 1. The smallest absolute Gasteiger partial charge is 0.223 e. The van der Waals surface area contributed by atoms with Crippen molar-refractivity contribution in [1.82, 2.24) is 10.2 Å². The van der Waals surface area contributed by atoms with E-state index in [0.29, 0.717) is 6.54 Å². The molecule has 2 fully saturated rings. The minimum atomic E-state index is -0.245. The van der Waals surface area contributed by atoms with Crippen molar-refractivity contribution < 1.29 is 13.6 Å². The van der Waals surface area contributed by atoms with Crippen LogP contribution in [-0.2, 0) is 4.79 Å². The Labute approximate surface area is 164 Å². The summed E-state index contributed by atoms with van der Waals surface area (Å²) in [7, 11) is 0. The molecule has 0 aromatic heterocycles. The molecule has 1 aliphatic heterocycles. The molecule has 1 N–H and O–H groups in total. The lowest BCUT2D eigenvalue weighted by molar-refractivity contribution is -0.122. The zero-order chi connectivity index (χ0) is 19.5. The van der Waals surface area contributed by atoms with Gasteiger partial charge in [-0.2, -0.15) is 0 Å². The van der Waals surface area contributed by atoms with Gasteiger partial charge in [0, 0.05) is 50.9 Å². The lowest BCUT2D eigenvalue weighted by atomic mass is 10.1. The molecular weight excluding hydrogens is 360 g/mol. The molecule has 1 saturated carbocycles. The summed E-state index contributed by atoms with van der Waals surface area (Å²) in [5.41, 5.74) is 2.09. The summed E-state index contributed by atoms with van der Waals surface area (Å²) in [6, 6.07) is 13.1. The largest absolute Gasteiger partial charge is 0.369 e. The second kappa shape index (κ2) is 8.27. The molecule has 1 heterocycles. The zero-order valence-corrected chi connectivity index (χ0v) is 15.8. The SMILES string of the molecule is O=C(NCCN1CCN(c2ccc(F)cc2)CC1)[C@H]1C[C@H]1c1ccc(F)cc1. The van der Waals surface area contributed by atoms with Gasteiger partial charge in [-0.1, -0.05) is 12.1 Å². The average Bonchev–Trinajstić information content (AvgIpc) is 3.51. The van der Waals surface area contributed by atoms with Crippen molar-refractivity contribution in [3.8, 4) is 0 Å². The number of halogens is 2. The molecule has 148 valence electrons. The molecule has 0 spiro atoms. The fourth-order valence-corrected chi connectivity index (χ4v) is 3.91. The highest BCUT2D eigenvalue weighted by Crippen LogP contribution is 2.47. The van der Waals surface area contributed by atoms with Crippen LogP contribution in [0.25, 0.3) is 0 Å². The number of rotatable bonds is 6. The first-order chi connectivity index (χ1) is 13.6.